The highest BCUT2D eigenvalue weighted by Gasteiger charge is 2.22. The van der Waals surface area contributed by atoms with Crippen LogP contribution in [0.5, 0.6) is 0 Å². The van der Waals surface area contributed by atoms with Crippen molar-refractivity contribution in [2.24, 2.45) is 0 Å². The fourth-order valence-electron chi connectivity index (χ4n) is 3.21. The lowest BCUT2D eigenvalue weighted by Gasteiger charge is -2.18. The molecule has 176 valence electrons. The van der Waals surface area contributed by atoms with Gasteiger partial charge in [0.1, 0.15) is 0 Å². The van der Waals surface area contributed by atoms with Crippen LogP contribution in [-0.4, -0.2) is 38.6 Å². The third-order valence-corrected chi connectivity index (χ3v) is 6.32. The predicted molar refractivity (Wildman–Crippen MR) is 129 cm³/mol. The SMILES string of the molecule is CC(=O)NCC(=O)[C@H](Cc1ccccc1)NC(=O)c1cccc(NS(=O)(=O)c2ccccc2)c1. The summed E-state index contributed by atoms with van der Waals surface area (Å²) in [6.07, 6.45) is 0.241. The molecule has 0 saturated carbocycles. The fraction of sp³-hybridized carbons (Fsp3) is 0.160. The average Bonchev–Trinajstić information content (AvgIpc) is 2.83. The Morgan fingerprint density at radius 2 is 1.50 bits per heavy atom. The lowest BCUT2D eigenvalue weighted by molar-refractivity contribution is -0.124. The molecule has 3 aromatic rings. The Morgan fingerprint density at radius 3 is 2.15 bits per heavy atom. The van der Waals surface area contributed by atoms with E-state index in [9.17, 15) is 22.8 Å². The van der Waals surface area contributed by atoms with Crippen LogP contribution in [0, 0.1) is 0 Å². The zero-order chi connectivity index (χ0) is 24.6. The summed E-state index contributed by atoms with van der Waals surface area (Å²) in [5.41, 5.74) is 1.23. The van der Waals surface area contributed by atoms with Crippen LogP contribution >= 0.6 is 0 Å². The summed E-state index contributed by atoms with van der Waals surface area (Å²) in [4.78, 5) is 37.0. The topological polar surface area (TPSA) is 121 Å². The van der Waals surface area contributed by atoms with E-state index in [1.165, 1.54) is 37.3 Å². The van der Waals surface area contributed by atoms with Crippen LogP contribution in [0.2, 0.25) is 0 Å². The smallest absolute Gasteiger partial charge is 0.261 e. The molecule has 8 nitrogen and oxygen atoms in total. The maximum absolute atomic E-state index is 12.9. The summed E-state index contributed by atoms with van der Waals surface area (Å²) in [7, 11) is -3.82. The van der Waals surface area contributed by atoms with Crippen molar-refractivity contribution in [3.8, 4) is 0 Å². The molecule has 0 bridgehead atoms. The molecule has 0 unspecified atom stereocenters. The van der Waals surface area contributed by atoms with Crippen LogP contribution < -0.4 is 15.4 Å². The number of Topliss-reactive ketones (excluding diaryl/α,β-unsaturated/α-hetero) is 1. The van der Waals surface area contributed by atoms with Gasteiger partial charge in [0.15, 0.2) is 5.78 Å². The average molecular weight is 480 g/mol. The first-order chi connectivity index (χ1) is 16.2. The van der Waals surface area contributed by atoms with Gasteiger partial charge in [-0.2, -0.15) is 0 Å². The first-order valence-corrected chi connectivity index (χ1v) is 12.0. The minimum atomic E-state index is -3.82. The van der Waals surface area contributed by atoms with E-state index in [1.54, 1.807) is 24.3 Å². The summed E-state index contributed by atoms with van der Waals surface area (Å²) in [5, 5.41) is 5.17. The summed E-state index contributed by atoms with van der Waals surface area (Å²) < 4.78 is 27.6. The monoisotopic (exact) mass is 479 g/mol. The second kappa shape index (κ2) is 11.2. The zero-order valence-corrected chi connectivity index (χ0v) is 19.3. The van der Waals surface area contributed by atoms with E-state index in [-0.39, 0.29) is 40.8 Å². The highest BCUT2D eigenvalue weighted by molar-refractivity contribution is 7.92. The van der Waals surface area contributed by atoms with Gasteiger partial charge in [-0.1, -0.05) is 54.6 Å². The van der Waals surface area contributed by atoms with E-state index in [0.717, 1.165) is 5.56 Å². The predicted octanol–water partition coefficient (Wildman–Crippen LogP) is 2.53. The molecule has 0 radical (unpaired) electrons. The van der Waals surface area contributed by atoms with E-state index < -0.39 is 22.0 Å². The number of rotatable bonds is 10. The summed E-state index contributed by atoms with van der Waals surface area (Å²) in [5.74, 6) is -1.25. The molecular formula is C25H25N3O5S. The molecule has 0 heterocycles. The summed E-state index contributed by atoms with van der Waals surface area (Å²) in [6.45, 7) is 1.09. The molecule has 0 spiro atoms. The first-order valence-electron chi connectivity index (χ1n) is 10.5. The highest BCUT2D eigenvalue weighted by Crippen LogP contribution is 2.17. The number of hydrogen-bond acceptors (Lipinski definition) is 5. The molecule has 2 amide bonds. The second-order valence-electron chi connectivity index (χ2n) is 7.59. The van der Waals surface area contributed by atoms with Gasteiger partial charge in [-0.05, 0) is 42.3 Å². The van der Waals surface area contributed by atoms with Crippen LogP contribution in [0.1, 0.15) is 22.8 Å². The maximum Gasteiger partial charge on any atom is 0.261 e. The van der Waals surface area contributed by atoms with Gasteiger partial charge < -0.3 is 10.6 Å². The van der Waals surface area contributed by atoms with Gasteiger partial charge in [-0.25, -0.2) is 8.42 Å². The minimum absolute atomic E-state index is 0.0938. The number of hydrogen-bond donors (Lipinski definition) is 3. The molecule has 3 rings (SSSR count). The van der Waals surface area contributed by atoms with Crippen molar-refractivity contribution in [3.05, 3.63) is 96.1 Å². The van der Waals surface area contributed by atoms with Gasteiger partial charge >= 0.3 is 0 Å². The van der Waals surface area contributed by atoms with E-state index in [2.05, 4.69) is 15.4 Å². The zero-order valence-electron chi connectivity index (χ0n) is 18.5. The van der Waals surface area contributed by atoms with Crippen molar-refractivity contribution in [3.63, 3.8) is 0 Å². The van der Waals surface area contributed by atoms with Gasteiger partial charge in [-0.3, -0.25) is 19.1 Å². The van der Waals surface area contributed by atoms with Gasteiger partial charge in [-0.15, -0.1) is 0 Å². The van der Waals surface area contributed by atoms with Crippen LogP contribution in [0.4, 0.5) is 5.69 Å². The van der Waals surface area contributed by atoms with E-state index in [4.69, 9.17) is 0 Å². The normalized spacial score (nSPS) is 11.8. The fourth-order valence-corrected chi connectivity index (χ4v) is 4.28. The Morgan fingerprint density at radius 1 is 0.853 bits per heavy atom. The molecule has 0 aliphatic heterocycles. The molecule has 3 N–H and O–H groups in total. The highest BCUT2D eigenvalue weighted by atomic mass is 32.2. The van der Waals surface area contributed by atoms with E-state index in [1.807, 2.05) is 30.3 Å². The Labute approximate surface area is 198 Å². The number of anilines is 1. The molecular weight excluding hydrogens is 454 g/mol. The Hall–Kier alpha value is -3.98. The number of nitrogens with one attached hydrogen (secondary N) is 3. The Bertz CT molecular complexity index is 1260. The van der Waals surface area contributed by atoms with Crippen molar-refractivity contribution in [1.82, 2.24) is 10.6 Å². The largest absolute Gasteiger partial charge is 0.349 e. The number of ketones is 1. The molecule has 3 aromatic carbocycles. The molecule has 0 aromatic heterocycles. The third-order valence-electron chi connectivity index (χ3n) is 4.92. The van der Waals surface area contributed by atoms with Gasteiger partial charge in [0.25, 0.3) is 15.9 Å². The summed E-state index contributed by atoms with van der Waals surface area (Å²) >= 11 is 0. The molecule has 0 fully saturated rings. The van der Waals surface area contributed by atoms with E-state index in [0.29, 0.717) is 0 Å². The summed E-state index contributed by atoms with van der Waals surface area (Å²) in [6, 6.07) is 22.2. The lowest BCUT2D eigenvalue weighted by atomic mass is 10.0. The number of carbonyl (C=O) groups excluding carboxylic acids is 3. The quantitative estimate of drug-likeness (QED) is 0.413. The van der Waals surface area contributed by atoms with Crippen LogP contribution in [0.3, 0.4) is 0 Å². The molecule has 0 saturated heterocycles. The number of sulfonamides is 1. The van der Waals surface area contributed by atoms with Crippen LogP contribution in [-0.2, 0) is 26.0 Å². The number of carbonyl (C=O) groups is 3. The van der Waals surface area contributed by atoms with Crippen molar-refractivity contribution >= 4 is 33.3 Å². The first kappa shape index (κ1) is 24.7. The van der Waals surface area contributed by atoms with E-state index >= 15 is 0 Å². The minimum Gasteiger partial charge on any atom is -0.349 e. The van der Waals surface area contributed by atoms with Crippen LogP contribution in [0.25, 0.3) is 0 Å². The molecule has 34 heavy (non-hydrogen) atoms. The van der Waals surface area contributed by atoms with Crippen molar-refractivity contribution < 1.29 is 22.8 Å². The number of amides is 2. The van der Waals surface area contributed by atoms with Crippen molar-refractivity contribution in [2.45, 2.75) is 24.3 Å². The molecule has 0 aliphatic rings. The third kappa shape index (κ3) is 7.01. The van der Waals surface area contributed by atoms with Crippen LogP contribution in [0.15, 0.2) is 89.8 Å². The van der Waals surface area contributed by atoms with Gasteiger partial charge in [0.2, 0.25) is 5.91 Å². The lowest BCUT2D eigenvalue weighted by Crippen LogP contribution is -2.46. The molecule has 1 atom stereocenters. The standard InChI is InChI=1S/C25H25N3O5S/c1-18(29)26-17-24(30)23(15-19-9-4-2-5-10-19)27-25(31)20-11-8-12-21(16-20)28-34(32,33)22-13-6-3-7-14-22/h2-14,16,23,28H,15,17H2,1H3,(H,26,29)(H,27,31)/t23-/m0/s1. The van der Waals surface area contributed by atoms with Gasteiger partial charge in [0.05, 0.1) is 17.5 Å². The maximum atomic E-state index is 12.9. The van der Waals surface area contributed by atoms with Crippen molar-refractivity contribution in [1.29, 1.82) is 0 Å². The molecule has 9 heteroatoms. The van der Waals surface area contributed by atoms with Crippen molar-refractivity contribution in [2.75, 3.05) is 11.3 Å². The Kier molecular flexibility index (Phi) is 8.15. The Balaban J connectivity index is 1.77. The van der Waals surface area contributed by atoms with Gasteiger partial charge in [0, 0.05) is 18.2 Å². The molecule has 0 aliphatic carbocycles. The number of benzene rings is 3. The second-order valence-corrected chi connectivity index (χ2v) is 9.27.